The highest BCUT2D eigenvalue weighted by molar-refractivity contribution is 7.89. The predicted octanol–water partition coefficient (Wildman–Crippen LogP) is 3.64. The van der Waals surface area contributed by atoms with Crippen molar-refractivity contribution in [3.63, 3.8) is 0 Å². The molecule has 0 radical (unpaired) electrons. The average molecular weight is 478 g/mol. The summed E-state index contributed by atoms with van der Waals surface area (Å²) >= 11 is 11.7. The van der Waals surface area contributed by atoms with E-state index in [9.17, 15) is 8.42 Å². The van der Waals surface area contributed by atoms with E-state index in [-0.39, 0.29) is 0 Å². The maximum absolute atomic E-state index is 13.0. The van der Waals surface area contributed by atoms with Crippen LogP contribution < -0.4 is 0 Å². The van der Waals surface area contributed by atoms with Gasteiger partial charge in [-0.25, -0.2) is 13.1 Å². The number of nitrogens with zero attached hydrogens (tertiary/aromatic N) is 5. The molecule has 3 aromatic rings. The van der Waals surface area contributed by atoms with E-state index in [0.29, 0.717) is 47.5 Å². The zero-order valence-electron chi connectivity index (χ0n) is 17.4. The van der Waals surface area contributed by atoms with E-state index in [4.69, 9.17) is 23.8 Å². The molecular weight excluding hydrogens is 454 g/mol. The van der Waals surface area contributed by atoms with Crippen molar-refractivity contribution >= 4 is 33.8 Å². The second-order valence-electron chi connectivity index (χ2n) is 7.67. The first kappa shape index (κ1) is 22.2. The van der Waals surface area contributed by atoms with Gasteiger partial charge >= 0.3 is 0 Å². The van der Waals surface area contributed by atoms with Crippen LogP contribution in [0.1, 0.15) is 11.1 Å². The third-order valence-electron chi connectivity index (χ3n) is 5.60. The molecule has 4 rings (SSSR count). The average Bonchev–Trinajstić information content (AvgIpc) is 3.10. The zero-order chi connectivity index (χ0) is 22.2. The molecule has 10 heteroatoms. The summed E-state index contributed by atoms with van der Waals surface area (Å²) in [4.78, 5) is 2.50. The van der Waals surface area contributed by atoms with Crippen LogP contribution in [0.5, 0.6) is 0 Å². The Labute approximate surface area is 192 Å². The van der Waals surface area contributed by atoms with Crippen LogP contribution in [-0.4, -0.2) is 58.1 Å². The van der Waals surface area contributed by atoms with E-state index in [0.717, 1.165) is 16.8 Å². The molecule has 2 aromatic carbocycles. The lowest BCUT2D eigenvalue weighted by molar-refractivity contribution is 0.144. The molecule has 0 amide bonds. The van der Waals surface area contributed by atoms with Crippen molar-refractivity contribution in [2.75, 3.05) is 26.2 Å². The highest BCUT2D eigenvalue weighted by Gasteiger charge is 2.29. The van der Waals surface area contributed by atoms with E-state index >= 15 is 0 Å². The Morgan fingerprint density at radius 2 is 1.77 bits per heavy atom. The molecule has 1 aliphatic rings. The molecule has 2 heterocycles. The number of piperazine rings is 1. The summed E-state index contributed by atoms with van der Waals surface area (Å²) in [7, 11) is -3.49. The highest BCUT2D eigenvalue weighted by Crippen LogP contribution is 2.21. The summed E-state index contributed by atoms with van der Waals surface area (Å²) in [6, 6.07) is 12.7. The molecule has 1 fully saturated rings. The zero-order valence-corrected chi connectivity index (χ0v) is 19.8. The Balaban J connectivity index is 1.43. The lowest BCUT2D eigenvalue weighted by Gasteiger charge is -2.33. The third kappa shape index (κ3) is 4.61. The first-order chi connectivity index (χ1) is 14.8. The van der Waals surface area contributed by atoms with Gasteiger partial charge in [-0.2, -0.15) is 9.40 Å². The molecule has 0 aliphatic carbocycles. The number of halogens is 1. The minimum absolute atomic E-state index is 0.353. The van der Waals surface area contributed by atoms with Crippen LogP contribution in [0.3, 0.4) is 0 Å². The van der Waals surface area contributed by atoms with Crippen LogP contribution in [-0.2, 0) is 16.7 Å². The topological polar surface area (TPSA) is 63.4 Å². The predicted molar refractivity (Wildman–Crippen MR) is 124 cm³/mol. The number of rotatable bonds is 5. The van der Waals surface area contributed by atoms with Gasteiger partial charge in [0.15, 0.2) is 0 Å². The highest BCUT2D eigenvalue weighted by atomic mass is 35.5. The van der Waals surface area contributed by atoms with Gasteiger partial charge in [0, 0.05) is 31.2 Å². The monoisotopic (exact) mass is 477 g/mol. The van der Waals surface area contributed by atoms with Crippen molar-refractivity contribution in [3.05, 3.63) is 69.7 Å². The van der Waals surface area contributed by atoms with Crippen LogP contribution in [0.2, 0.25) is 5.02 Å². The van der Waals surface area contributed by atoms with Crippen molar-refractivity contribution in [1.29, 1.82) is 0 Å². The minimum Gasteiger partial charge on any atom is -0.282 e. The van der Waals surface area contributed by atoms with E-state index < -0.39 is 10.0 Å². The lowest BCUT2D eigenvalue weighted by Crippen LogP contribution is -2.48. The maximum Gasteiger partial charge on any atom is 0.243 e. The van der Waals surface area contributed by atoms with Gasteiger partial charge in [0.2, 0.25) is 14.8 Å². The van der Waals surface area contributed by atoms with Gasteiger partial charge in [-0.15, -0.1) is 0 Å². The van der Waals surface area contributed by atoms with Gasteiger partial charge in [0.25, 0.3) is 0 Å². The normalized spacial score (nSPS) is 16.0. The molecular formula is C21H24ClN5O2S2. The molecule has 0 unspecified atom stereocenters. The van der Waals surface area contributed by atoms with Crippen LogP contribution in [0.4, 0.5) is 0 Å². The van der Waals surface area contributed by atoms with Crippen LogP contribution in [0, 0.1) is 18.6 Å². The van der Waals surface area contributed by atoms with Crippen molar-refractivity contribution in [2.45, 2.75) is 25.4 Å². The number of sulfonamides is 1. The third-order valence-corrected chi connectivity index (χ3v) is 8.14. The minimum atomic E-state index is -3.49. The molecule has 1 aliphatic heterocycles. The Hall–Kier alpha value is -2.04. The Morgan fingerprint density at radius 1 is 1.03 bits per heavy atom. The number of hydrogen-bond donors (Lipinski definition) is 0. The molecule has 0 N–H and O–H groups in total. The summed E-state index contributed by atoms with van der Waals surface area (Å²) in [6.45, 7) is 6.48. The summed E-state index contributed by atoms with van der Waals surface area (Å²) in [6.07, 6.45) is 1.68. The quantitative estimate of drug-likeness (QED) is 0.525. The summed E-state index contributed by atoms with van der Waals surface area (Å²) in [5.41, 5.74) is 2.91. The fourth-order valence-corrected chi connectivity index (χ4v) is 5.51. The van der Waals surface area contributed by atoms with E-state index in [1.54, 1.807) is 27.4 Å². The largest absolute Gasteiger partial charge is 0.282 e. The molecule has 0 spiro atoms. The molecule has 0 atom stereocenters. The second-order valence-corrected chi connectivity index (χ2v) is 10.4. The van der Waals surface area contributed by atoms with Crippen LogP contribution in [0.15, 0.2) is 53.7 Å². The SMILES string of the molecule is Cc1ccc(S(=O)(=O)N2CCN(Cn3ncn(-c4cccc(Cl)c4)c3=S)CC2)cc1C. The molecule has 164 valence electrons. The van der Waals surface area contributed by atoms with Crippen molar-refractivity contribution in [3.8, 4) is 5.69 Å². The van der Waals surface area contributed by atoms with E-state index in [2.05, 4.69) is 10.00 Å². The smallest absolute Gasteiger partial charge is 0.243 e. The Kier molecular flexibility index (Phi) is 6.32. The molecule has 0 bridgehead atoms. The number of benzene rings is 2. The first-order valence-corrected chi connectivity index (χ1v) is 12.2. The summed E-state index contributed by atoms with van der Waals surface area (Å²) in [5.74, 6) is 0. The van der Waals surface area contributed by atoms with Gasteiger partial charge in [0.05, 0.1) is 17.3 Å². The van der Waals surface area contributed by atoms with Gasteiger partial charge < -0.3 is 0 Å². The summed E-state index contributed by atoms with van der Waals surface area (Å²) in [5, 5.41) is 5.04. The van der Waals surface area contributed by atoms with Gasteiger partial charge in [-0.3, -0.25) is 9.47 Å². The van der Waals surface area contributed by atoms with Crippen molar-refractivity contribution < 1.29 is 8.42 Å². The summed E-state index contributed by atoms with van der Waals surface area (Å²) < 4.78 is 31.7. The standard InChI is InChI=1S/C21H24ClN5O2S2/c1-16-6-7-20(12-17(16)2)31(28,29)25-10-8-24(9-11-25)15-27-21(30)26(14-23-27)19-5-3-4-18(22)13-19/h3-7,12-14H,8-11,15H2,1-2H3. The molecule has 31 heavy (non-hydrogen) atoms. The molecule has 1 aromatic heterocycles. The van der Waals surface area contributed by atoms with Crippen molar-refractivity contribution in [1.82, 2.24) is 23.6 Å². The van der Waals surface area contributed by atoms with Gasteiger partial charge in [-0.1, -0.05) is 23.7 Å². The Morgan fingerprint density at radius 3 is 2.45 bits per heavy atom. The van der Waals surface area contributed by atoms with E-state index in [1.807, 2.05) is 48.7 Å². The molecule has 7 nitrogen and oxygen atoms in total. The lowest BCUT2D eigenvalue weighted by atomic mass is 10.1. The number of aromatic nitrogens is 3. The van der Waals surface area contributed by atoms with Crippen LogP contribution >= 0.6 is 23.8 Å². The van der Waals surface area contributed by atoms with Gasteiger partial charge in [-0.05, 0) is 67.5 Å². The number of aryl methyl sites for hydroxylation is 2. The second kappa shape index (κ2) is 8.84. The van der Waals surface area contributed by atoms with Crippen molar-refractivity contribution in [2.24, 2.45) is 0 Å². The fraction of sp³-hybridized carbons (Fsp3) is 0.333. The Bertz CT molecular complexity index is 1260. The van der Waals surface area contributed by atoms with E-state index in [1.165, 1.54) is 0 Å². The van der Waals surface area contributed by atoms with Gasteiger partial charge in [0.1, 0.15) is 6.33 Å². The number of hydrogen-bond acceptors (Lipinski definition) is 5. The maximum atomic E-state index is 13.0. The van der Waals surface area contributed by atoms with Crippen LogP contribution in [0.25, 0.3) is 5.69 Å². The fourth-order valence-electron chi connectivity index (χ4n) is 3.56. The molecule has 0 saturated carbocycles. The molecule has 1 saturated heterocycles. The first-order valence-electron chi connectivity index (χ1n) is 9.96.